The summed E-state index contributed by atoms with van der Waals surface area (Å²) in [7, 11) is 0. The molecule has 0 amide bonds. The molecule has 2 fully saturated rings. The summed E-state index contributed by atoms with van der Waals surface area (Å²) >= 11 is 1.83. The Bertz CT molecular complexity index is 637. The highest BCUT2D eigenvalue weighted by atomic mass is 32.1. The molecule has 22 heavy (non-hydrogen) atoms. The van der Waals surface area contributed by atoms with Gasteiger partial charge in [0.25, 0.3) is 0 Å². The summed E-state index contributed by atoms with van der Waals surface area (Å²) in [5, 5.41) is 10.9. The first-order valence-electron chi connectivity index (χ1n) is 8.86. The number of fused-ring (bicyclic) bond motifs is 1. The molecule has 2 aromatic rings. The largest absolute Gasteiger partial charge is 0.387 e. The van der Waals surface area contributed by atoms with E-state index in [2.05, 4.69) is 16.3 Å². The Kier molecular flexibility index (Phi) is 3.99. The van der Waals surface area contributed by atoms with Crippen LogP contribution in [0.4, 0.5) is 0 Å². The molecule has 120 valence electrons. The summed E-state index contributed by atoms with van der Waals surface area (Å²) in [5.74, 6) is 2.12. The zero-order valence-electron chi connectivity index (χ0n) is 13.4. The maximum atomic E-state index is 10.9. The molecule has 0 saturated heterocycles. The highest BCUT2D eigenvalue weighted by molar-refractivity contribution is 7.17. The predicted molar refractivity (Wildman–Crippen MR) is 90.4 cm³/mol. The van der Waals surface area contributed by atoms with Crippen molar-refractivity contribution in [2.24, 2.45) is 11.8 Å². The molecule has 1 N–H and O–H groups in total. The Morgan fingerprint density at radius 2 is 2.05 bits per heavy atom. The second kappa shape index (κ2) is 5.97. The van der Waals surface area contributed by atoms with Gasteiger partial charge in [-0.2, -0.15) is 0 Å². The van der Waals surface area contributed by atoms with Gasteiger partial charge in [0.1, 0.15) is 11.2 Å². The van der Waals surface area contributed by atoms with Gasteiger partial charge in [0, 0.05) is 4.88 Å². The summed E-state index contributed by atoms with van der Waals surface area (Å²) in [6, 6.07) is 0. The number of aliphatic hydroxyl groups excluding tert-OH is 1. The zero-order chi connectivity index (χ0) is 15.1. The minimum atomic E-state index is -0.338. The van der Waals surface area contributed by atoms with Gasteiger partial charge in [0.15, 0.2) is 0 Å². The van der Waals surface area contributed by atoms with E-state index in [-0.39, 0.29) is 6.10 Å². The highest BCUT2D eigenvalue weighted by Gasteiger charge is 2.33. The third-order valence-electron chi connectivity index (χ3n) is 5.64. The lowest BCUT2D eigenvalue weighted by molar-refractivity contribution is 0.115. The van der Waals surface area contributed by atoms with Crippen molar-refractivity contribution in [3.8, 4) is 0 Å². The van der Waals surface area contributed by atoms with Crippen LogP contribution >= 0.6 is 11.3 Å². The molecule has 4 rings (SSSR count). The van der Waals surface area contributed by atoms with Crippen LogP contribution in [0.1, 0.15) is 80.9 Å². The third-order valence-corrected chi connectivity index (χ3v) is 6.92. The summed E-state index contributed by atoms with van der Waals surface area (Å²) in [6.45, 7) is 2.34. The molecule has 3 nitrogen and oxygen atoms in total. The van der Waals surface area contributed by atoms with Gasteiger partial charge < -0.3 is 5.11 Å². The summed E-state index contributed by atoms with van der Waals surface area (Å²) in [4.78, 5) is 6.86. The molecule has 2 atom stereocenters. The lowest BCUT2D eigenvalue weighted by Crippen LogP contribution is -2.18. The molecule has 0 radical (unpaired) electrons. The fourth-order valence-electron chi connectivity index (χ4n) is 4.15. The van der Waals surface area contributed by atoms with Crippen molar-refractivity contribution >= 4 is 16.2 Å². The predicted octanol–water partition coefficient (Wildman–Crippen LogP) is 4.91. The number of aromatic nitrogens is 2. The van der Waals surface area contributed by atoms with Crippen LogP contribution in [-0.2, 0) is 0 Å². The molecule has 2 saturated carbocycles. The molecule has 2 aliphatic carbocycles. The Morgan fingerprint density at radius 1 is 1.27 bits per heavy atom. The normalized spacial score (nSPS) is 23.0. The van der Waals surface area contributed by atoms with Crippen molar-refractivity contribution < 1.29 is 5.11 Å². The number of imidazole rings is 1. The summed E-state index contributed by atoms with van der Waals surface area (Å²) in [5.41, 5.74) is 1.14. The molecule has 0 spiro atoms. The van der Waals surface area contributed by atoms with Crippen molar-refractivity contribution in [1.29, 1.82) is 0 Å². The number of hydrogen-bond donors (Lipinski definition) is 1. The van der Waals surface area contributed by atoms with Crippen molar-refractivity contribution in [3.05, 3.63) is 23.1 Å². The maximum Gasteiger partial charge on any atom is 0.120 e. The van der Waals surface area contributed by atoms with Crippen LogP contribution in [0.5, 0.6) is 0 Å². The topological polar surface area (TPSA) is 37.5 Å². The molecule has 0 aliphatic heterocycles. The lowest BCUT2D eigenvalue weighted by atomic mass is 9.78. The second-order valence-electron chi connectivity index (χ2n) is 7.35. The van der Waals surface area contributed by atoms with Gasteiger partial charge in [-0.05, 0) is 37.0 Å². The third kappa shape index (κ3) is 2.71. The fraction of sp³-hybridized carbons (Fsp3) is 0.722. The first kappa shape index (κ1) is 14.7. The van der Waals surface area contributed by atoms with Gasteiger partial charge in [-0.1, -0.05) is 39.0 Å². The lowest BCUT2D eigenvalue weighted by Gasteiger charge is -2.29. The van der Waals surface area contributed by atoms with Crippen molar-refractivity contribution in [1.82, 2.24) is 9.38 Å². The van der Waals surface area contributed by atoms with Crippen LogP contribution in [0.25, 0.3) is 4.83 Å². The molecule has 2 heterocycles. The van der Waals surface area contributed by atoms with E-state index in [1.165, 1.54) is 54.7 Å². The second-order valence-corrected chi connectivity index (χ2v) is 8.42. The number of thiazole rings is 1. The Morgan fingerprint density at radius 3 is 2.77 bits per heavy atom. The Labute approximate surface area is 136 Å². The van der Waals surface area contributed by atoms with Gasteiger partial charge >= 0.3 is 0 Å². The maximum absolute atomic E-state index is 10.9. The van der Waals surface area contributed by atoms with E-state index in [4.69, 9.17) is 0 Å². The van der Waals surface area contributed by atoms with Gasteiger partial charge in [-0.25, -0.2) is 4.98 Å². The van der Waals surface area contributed by atoms with Crippen LogP contribution < -0.4 is 0 Å². The van der Waals surface area contributed by atoms with E-state index in [0.717, 1.165) is 18.0 Å². The van der Waals surface area contributed by atoms with Crippen LogP contribution in [0.2, 0.25) is 0 Å². The highest BCUT2D eigenvalue weighted by Crippen LogP contribution is 2.48. The fourth-order valence-corrected chi connectivity index (χ4v) is 5.47. The van der Waals surface area contributed by atoms with Gasteiger partial charge in [-0.15, -0.1) is 11.3 Å². The smallest absolute Gasteiger partial charge is 0.120 e. The van der Waals surface area contributed by atoms with Crippen LogP contribution in [0.3, 0.4) is 0 Å². The van der Waals surface area contributed by atoms with Gasteiger partial charge in [-0.3, -0.25) is 4.40 Å². The van der Waals surface area contributed by atoms with Gasteiger partial charge in [0.2, 0.25) is 0 Å². The van der Waals surface area contributed by atoms with E-state index in [1.54, 1.807) is 0 Å². The molecule has 2 aromatic heterocycles. The average molecular weight is 318 g/mol. The van der Waals surface area contributed by atoms with E-state index in [0.29, 0.717) is 11.8 Å². The van der Waals surface area contributed by atoms with E-state index < -0.39 is 0 Å². The van der Waals surface area contributed by atoms with Crippen molar-refractivity contribution in [3.63, 3.8) is 0 Å². The van der Waals surface area contributed by atoms with Crippen molar-refractivity contribution in [2.75, 3.05) is 0 Å². The minimum Gasteiger partial charge on any atom is -0.387 e. The molecular weight excluding hydrogens is 292 g/mol. The van der Waals surface area contributed by atoms with E-state index in [1.807, 2.05) is 23.9 Å². The standard InChI is InChI=1S/C18H26N2OS/c1-12(13-5-3-2-4-6-13)9-15(21)17-18(14-7-8-14)22-16-10-19-11-20(16)17/h10-15,21H,2-9H2,1H3. The molecule has 2 aliphatic rings. The van der Waals surface area contributed by atoms with Crippen molar-refractivity contribution in [2.45, 2.75) is 70.3 Å². The molecular formula is C18H26N2OS. The first-order chi connectivity index (χ1) is 10.7. The zero-order valence-corrected chi connectivity index (χ0v) is 14.2. The SMILES string of the molecule is CC(CC(O)c1c(C2CC2)sc2cncn12)C1CCCCC1. The number of hydrogen-bond acceptors (Lipinski definition) is 3. The van der Waals surface area contributed by atoms with Crippen LogP contribution in [0, 0.1) is 11.8 Å². The number of nitrogens with zero attached hydrogens (tertiary/aromatic N) is 2. The summed E-state index contributed by atoms with van der Waals surface area (Å²) < 4.78 is 2.14. The monoisotopic (exact) mass is 318 g/mol. The van der Waals surface area contributed by atoms with Gasteiger partial charge in [0.05, 0.1) is 18.0 Å². The summed E-state index contributed by atoms with van der Waals surface area (Å²) in [6.07, 6.45) is 13.8. The van der Waals surface area contributed by atoms with E-state index >= 15 is 0 Å². The number of rotatable bonds is 5. The van der Waals surface area contributed by atoms with Crippen LogP contribution in [0.15, 0.2) is 12.5 Å². The molecule has 0 aromatic carbocycles. The number of aliphatic hydroxyl groups is 1. The average Bonchev–Trinajstić information content (AvgIpc) is 3.16. The first-order valence-corrected chi connectivity index (χ1v) is 9.68. The minimum absolute atomic E-state index is 0.338. The molecule has 0 bridgehead atoms. The quantitative estimate of drug-likeness (QED) is 0.850. The Balaban J connectivity index is 1.55. The van der Waals surface area contributed by atoms with E-state index in [9.17, 15) is 5.11 Å². The molecule has 4 heteroatoms. The molecule has 2 unspecified atom stereocenters. The Hall–Kier alpha value is -0.870. The van der Waals surface area contributed by atoms with Crippen LogP contribution in [-0.4, -0.2) is 14.5 Å².